The summed E-state index contributed by atoms with van der Waals surface area (Å²) in [4.78, 5) is 4.22. The molecule has 3 rings (SSSR count). The Morgan fingerprint density at radius 2 is 2.24 bits per heavy atom. The number of benzene rings is 1. The van der Waals surface area contributed by atoms with Gasteiger partial charge in [-0.1, -0.05) is 12.1 Å². The number of hydrogen-bond donors (Lipinski definition) is 1. The summed E-state index contributed by atoms with van der Waals surface area (Å²) in [5, 5.41) is 9.43. The van der Waals surface area contributed by atoms with Gasteiger partial charge in [0.2, 0.25) is 5.88 Å². The van der Waals surface area contributed by atoms with Crippen LogP contribution in [0.25, 0.3) is 0 Å². The maximum atomic E-state index is 9.43. The molecule has 0 unspecified atom stereocenters. The highest BCUT2D eigenvalue weighted by atomic mass is 79.9. The lowest BCUT2D eigenvalue weighted by Gasteiger charge is -2.18. The number of aliphatic hydroxyl groups is 1. The highest BCUT2D eigenvalue weighted by molar-refractivity contribution is 9.10. The van der Waals surface area contributed by atoms with Gasteiger partial charge in [0, 0.05) is 28.2 Å². The smallest absolute Gasteiger partial charge is 0.225 e. The number of aliphatic hydroxyl groups excluding tert-OH is 1. The lowest BCUT2D eigenvalue weighted by atomic mass is 10.0. The molecule has 1 aromatic heterocycles. The Labute approximate surface area is 131 Å². The third-order valence-electron chi connectivity index (χ3n) is 3.32. The Morgan fingerprint density at radius 3 is 3.00 bits per heavy atom. The van der Waals surface area contributed by atoms with Crippen LogP contribution < -0.4 is 9.47 Å². The van der Waals surface area contributed by atoms with E-state index in [0.29, 0.717) is 17.2 Å². The van der Waals surface area contributed by atoms with Crippen LogP contribution >= 0.6 is 15.9 Å². The number of para-hydroxylation sites is 1. The Bertz CT molecular complexity index is 685. The summed E-state index contributed by atoms with van der Waals surface area (Å²) >= 11 is 3.33. The van der Waals surface area contributed by atoms with Gasteiger partial charge < -0.3 is 14.6 Å². The van der Waals surface area contributed by atoms with Gasteiger partial charge in [-0.3, -0.25) is 0 Å². The number of ether oxygens (including phenoxy) is 2. The molecule has 1 aromatic carbocycles. The molecule has 1 N–H and O–H groups in total. The fourth-order valence-corrected chi connectivity index (χ4v) is 2.82. The quantitative estimate of drug-likeness (QED) is 0.914. The van der Waals surface area contributed by atoms with Crippen LogP contribution in [-0.2, 0) is 13.0 Å². The van der Waals surface area contributed by atoms with Crippen molar-refractivity contribution in [2.75, 3.05) is 0 Å². The second kappa shape index (κ2) is 5.31. The van der Waals surface area contributed by atoms with Gasteiger partial charge in [0.05, 0.1) is 6.61 Å². The molecule has 0 spiro atoms. The van der Waals surface area contributed by atoms with E-state index in [2.05, 4.69) is 20.9 Å². The SMILES string of the molecule is CC1(C)Cc2cccc(Oc3ncc(Br)cc3CO)c2O1. The molecule has 0 bridgehead atoms. The largest absolute Gasteiger partial charge is 0.483 e. The average molecular weight is 350 g/mol. The maximum absolute atomic E-state index is 9.43. The lowest BCUT2D eigenvalue weighted by Crippen LogP contribution is -2.24. The Morgan fingerprint density at radius 1 is 1.43 bits per heavy atom. The molecule has 110 valence electrons. The van der Waals surface area contributed by atoms with Gasteiger partial charge in [-0.2, -0.15) is 0 Å². The minimum absolute atomic E-state index is 0.136. The van der Waals surface area contributed by atoms with Crippen LogP contribution in [0.1, 0.15) is 25.0 Å². The summed E-state index contributed by atoms with van der Waals surface area (Å²) in [5.41, 5.74) is 1.52. The van der Waals surface area contributed by atoms with Crippen LogP contribution in [0.15, 0.2) is 34.9 Å². The van der Waals surface area contributed by atoms with Crippen LogP contribution in [0.5, 0.6) is 17.4 Å². The Balaban J connectivity index is 1.96. The molecular formula is C16H16BrNO3. The number of halogens is 1. The van der Waals surface area contributed by atoms with E-state index in [0.717, 1.165) is 22.2 Å². The molecule has 21 heavy (non-hydrogen) atoms. The molecule has 2 aromatic rings. The fourth-order valence-electron chi connectivity index (χ4n) is 2.45. The zero-order valence-corrected chi connectivity index (χ0v) is 13.5. The van der Waals surface area contributed by atoms with Crippen molar-refractivity contribution in [2.45, 2.75) is 32.5 Å². The third-order valence-corrected chi connectivity index (χ3v) is 3.76. The van der Waals surface area contributed by atoms with Gasteiger partial charge >= 0.3 is 0 Å². The summed E-state index contributed by atoms with van der Waals surface area (Å²) in [6.45, 7) is 3.96. The molecule has 0 aliphatic carbocycles. The molecule has 2 heterocycles. The Kier molecular flexibility index (Phi) is 3.63. The van der Waals surface area contributed by atoms with E-state index in [1.54, 1.807) is 12.3 Å². The predicted octanol–water partition coefficient (Wildman–Crippen LogP) is 3.84. The van der Waals surface area contributed by atoms with Crippen LogP contribution in [0.4, 0.5) is 0 Å². The number of fused-ring (bicyclic) bond motifs is 1. The van der Waals surface area contributed by atoms with E-state index < -0.39 is 0 Å². The molecule has 0 saturated heterocycles. The molecule has 0 radical (unpaired) electrons. The van der Waals surface area contributed by atoms with Crippen LogP contribution in [0.3, 0.4) is 0 Å². The average Bonchev–Trinajstić information content (AvgIpc) is 2.75. The van der Waals surface area contributed by atoms with Crippen molar-refractivity contribution < 1.29 is 14.6 Å². The summed E-state index contributed by atoms with van der Waals surface area (Å²) in [7, 11) is 0. The molecule has 1 aliphatic heterocycles. The summed E-state index contributed by atoms with van der Waals surface area (Å²) in [5.74, 6) is 1.78. The number of pyridine rings is 1. The number of aromatic nitrogens is 1. The van der Waals surface area contributed by atoms with Gasteiger partial charge in [0.1, 0.15) is 5.60 Å². The lowest BCUT2D eigenvalue weighted by molar-refractivity contribution is 0.134. The minimum Gasteiger partial charge on any atom is -0.483 e. The first kappa shape index (κ1) is 14.4. The Hall–Kier alpha value is -1.59. The van der Waals surface area contributed by atoms with Crippen molar-refractivity contribution in [3.8, 4) is 17.4 Å². The fraction of sp³-hybridized carbons (Fsp3) is 0.312. The van der Waals surface area contributed by atoms with Crippen LogP contribution in [0.2, 0.25) is 0 Å². The third kappa shape index (κ3) is 2.89. The van der Waals surface area contributed by atoms with Crippen molar-refractivity contribution in [3.05, 3.63) is 46.1 Å². The highest BCUT2D eigenvalue weighted by Gasteiger charge is 2.32. The van der Waals surface area contributed by atoms with Crippen molar-refractivity contribution in [1.29, 1.82) is 0 Å². The van der Waals surface area contributed by atoms with Crippen LogP contribution in [0, 0.1) is 0 Å². The highest BCUT2D eigenvalue weighted by Crippen LogP contribution is 2.43. The van der Waals surface area contributed by atoms with Gasteiger partial charge in [-0.05, 0) is 41.9 Å². The second-order valence-corrected chi connectivity index (χ2v) is 6.58. The molecule has 5 heteroatoms. The van der Waals surface area contributed by atoms with Gasteiger partial charge in [-0.15, -0.1) is 0 Å². The summed E-state index contributed by atoms with van der Waals surface area (Å²) in [6.07, 6.45) is 2.49. The monoisotopic (exact) mass is 349 g/mol. The first-order chi connectivity index (χ1) is 9.98. The minimum atomic E-state index is -0.227. The van der Waals surface area contributed by atoms with E-state index in [1.807, 2.05) is 32.0 Å². The van der Waals surface area contributed by atoms with Crippen molar-refractivity contribution in [1.82, 2.24) is 4.98 Å². The zero-order valence-electron chi connectivity index (χ0n) is 11.9. The topological polar surface area (TPSA) is 51.6 Å². The number of rotatable bonds is 3. The van der Waals surface area contributed by atoms with Gasteiger partial charge in [-0.25, -0.2) is 4.98 Å². The molecule has 0 fully saturated rings. The standard InChI is InChI=1S/C16H16BrNO3/c1-16(2)7-10-4-3-5-13(14(10)21-16)20-15-11(9-19)6-12(17)8-18-15/h3-6,8,19H,7,9H2,1-2H3. The first-order valence-corrected chi connectivity index (χ1v) is 7.52. The zero-order chi connectivity index (χ0) is 15.0. The van der Waals surface area contributed by atoms with E-state index in [1.165, 1.54) is 0 Å². The summed E-state index contributed by atoms with van der Waals surface area (Å²) < 4.78 is 12.6. The van der Waals surface area contributed by atoms with Gasteiger partial charge in [0.15, 0.2) is 11.5 Å². The van der Waals surface area contributed by atoms with Crippen molar-refractivity contribution in [3.63, 3.8) is 0 Å². The molecule has 0 saturated carbocycles. The van der Waals surface area contributed by atoms with E-state index >= 15 is 0 Å². The van der Waals surface area contributed by atoms with Crippen molar-refractivity contribution >= 4 is 15.9 Å². The van der Waals surface area contributed by atoms with E-state index in [9.17, 15) is 5.11 Å². The molecule has 1 aliphatic rings. The molecule has 4 nitrogen and oxygen atoms in total. The van der Waals surface area contributed by atoms with Crippen LogP contribution in [-0.4, -0.2) is 15.7 Å². The predicted molar refractivity (Wildman–Crippen MR) is 82.8 cm³/mol. The van der Waals surface area contributed by atoms with E-state index in [-0.39, 0.29) is 12.2 Å². The van der Waals surface area contributed by atoms with E-state index in [4.69, 9.17) is 9.47 Å². The maximum Gasteiger partial charge on any atom is 0.225 e. The first-order valence-electron chi connectivity index (χ1n) is 6.72. The number of hydrogen-bond acceptors (Lipinski definition) is 4. The molecular weight excluding hydrogens is 334 g/mol. The van der Waals surface area contributed by atoms with Crippen molar-refractivity contribution in [2.24, 2.45) is 0 Å². The normalized spacial score (nSPS) is 15.4. The molecule has 0 atom stereocenters. The molecule has 0 amide bonds. The second-order valence-electron chi connectivity index (χ2n) is 5.66. The van der Waals surface area contributed by atoms with Gasteiger partial charge in [0.25, 0.3) is 0 Å². The summed E-state index contributed by atoms with van der Waals surface area (Å²) in [6, 6.07) is 7.62. The number of nitrogens with zero attached hydrogens (tertiary/aromatic N) is 1.